The van der Waals surface area contributed by atoms with E-state index in [1.54, 1.807) is 11.3 Å². The van der Waals surface area contributed by atoms with Gasteiger partial charge in [-0.3, -0.25) is 4.79 Å². The summed E-state index contributed by atoms with van der Waals surface area (Å²) in [6, 6.07) is 8.04. The summed E-state index contributed by atoms with van der Waals surface area (Å²) in [5.41, 5.74) is 5.68. The molecule has 0 saturated carbocycles. The Balaban J connectivity index is 1.89. The van der Waals surface area contributed by atoms with Crippen LogP contribution in [0.2, 0.25) is 0 Å². The van der Waals surface area contributed by atoms with Crippen molar-refractivity contribution < 1.29 is 9.18 Å². The smallest absolute Gasteiger partial charge is 0.251 e. The van der Waals surface area contributed by atoms with Gasteiger partial charge in [-0.1, -0.05) is 6.07 Å². The van der Waals surface area contributed by atoms with Crippen molar-refractivity contribution in [1.82, 2.24) is 5.32 Å². The number of nitrogen functional groups attached to an aromatic ring is 1. The van der Waals surface area contributed by atoms with Gasteiger partial charge in [-0.05, 0) is 36.1 Å². The fraction of sp³-hybridized carbons (Fsp3) is 0.154. The van der Waals surface area contributed by atoms with Gasteiger partial charge in [-0.2, -0.15) is 0 Å². The standard InChI is InChI=1S/C13H13FN2OS/c14-11-8-9(3-4-12(11)15)13(17)16-6-5-10-2-1-7-18-10/h1-4,7-8H,5-6,15H2,(H,16,17). The van der Waals surface area contributed by atoms with Gasteiger partial charge in [0.15, 0.2) is 0 Å². The molecule has 0 aliphatic carbocycles. The maximum atomic E-state index is 13.2. The van der Waals surface area contributed by atoms with Gasteiger partial charge in [0.1, 0.15) is 5.82 Å². The minimum atomic E-state index is -0.569. The molecular formula is C13H13FN2OS. The van der Waals surface area contributed by atoms with E-state index in [9.17, 15) is 9.18 Å². The van der Waals surface area contributed by atoms with Crippen LogP contribution in [0, 0.1) is 5.82 Å². The second-order valence-corrected chi connectivity index (χ2v) is 4.85. The van der Waals surface area contributed by atoms with Crippen molar-refractivity contribution in [2.45, 2.75) is 6.42 Å². The highest BCUT2D eigenvalue weighted by Crippen LogP contribution is 2.12. The van der Waals surface area contributed by atoms with E-state index in [2.05, 4.69) is 5.32 Å². The summed E-state index contributed by atoms with van der Waals surface area (Å²) in [5, 5.41) is 4.74. The van der Waals surface area contributed by atoms with E-state index in [4.69, 9.17) is 5.73 Å². The highest BCUT2D eigenvalue weighted by atomic mass is 32.1. The first-order valence-corrected chi connectivity index (χ1v) is 6.40. The molecule has 1 aromatic heterocycles. The van der Waals surface area contributed by atoms with E-state index in [1.807, 2.05) is 17.5 Å². The zero-order valence-electron chi connectivity index (χ0n) is 9.65. The fourth-order valence-electron chi connectivity index (χ4n) is 1.52. The van der Waals surface area contributed by atoms with Crippen LogP contribution < -0.4 is 11.1 Å². The highest BCUT2D eigenvalue weighted by Gasteiger charge is 2.07. The third kappa shape index (κ3) is 3.07. The van der Waals surface area contributed by atoms with Crippen molar-refractivity contribution in [1.29, 1.82) is 0 Å². The Labute approximate surface area is 108 Å². The maximum Gasteiger partial charge on any atom is 0.251 e. The first-order chi connectivity index (χ1) is 8.66. The number of amides is 1. The molecule has 0 radical (unpaired) electrons. The molecular weight excluding hydrogens is 251 g/mol. The fourth-order valence-corrected chi connectivity index (χ4v) is 2.23. The van der Waals surface area contributed by atoms with Crippen LogP contribution in [-0.2, 0) is 6.42 Å². The highest BCUT2D eigenvalue weighted by molar-refractivity contribution is 7.09. The minimum Gasteiger partial charge on any atom is -0.396 e. The van der Waals surface area contributed by atoms with Crippen molar-refractivity contribution in [2.24, 2.45) is 0 Å². The summed E-state index contributed by atoms with van der Waals surface area (Å²) < 4.78 is 13.2. The van der Waals surface area contributed by atoms with Gasteiger partial charge in [-0.25, -0.2) is 4.39 Å². The zero-order valence-corrected chi connectivity index (χ0v) is 10.5. The van der Waals surface area contributed by atoms with Crippen LogP contribution in [0.5, 0.6) is 0 Å². The molecule has 0 aliphatic rings. The largest absolute Gasteiger partial charge is 0.396 e. The number of nitrogens with two attached hydrogens (primary N) is 1. The van der Waals surface area contributed by atoms with E-state index in [-0.39, 0.29) is 17.2 Å². The molecule has 1 aromatic carbocycles. The second kappa shape index (κ2) is 5.64. The molecule has 2 rings (SSSR count). The van der Waals surface area contributed by atoms with E-state index in [0.717, 1.165) is 12.5 Å². The van der Waals surface area contributed by atoms with Crippen LogP contribution >= 0.6 is 11.3 Å². The van der Waals surface area contributed by atoms with Crippen molar-refractivity contribution in [2.75, 3.05) is 12.3 Å². The lowest BCUT2D eigenvalue weighted by atomic mass is 10.2. The normalized spacial score (nSPS) is 10.3. The Morgan fingerprint density at radius 2 is 2.22 bits per heavy atom. The number of anilines is 1. The number of halogens is 1. The summed E-state index contributed by atoms with van der Waals surface area (Å²) in [5.74, 6) is -0.855. The van der Waals surface area contributed by atoms with Crippen LogP contribution in [0.15, 0.2) is 35.7 Å². The summed E-state index contributed by atoms with van der Waals surface area (Å²) >= 11 is 1.65. The minimum absolute atomic E-state index is 0.0464. The quantitative estimate of drug-likeness (QED) is 0.833. The zero-order chi connectivity index (χ0) is 13.0. The number of rotatable bonds is 4. The van der Waals surface area contributed by atoms with Crippen molar-refractivity contribution >= 4 is 22.9 Å². The molecule has 0 spiro atoms. The molecule has 94 valence electrons. The Hall–Kier alpha value is -1.88. The molecule has 3 N–H and O–H groups in total. The molecule has 3 nitrogen and oxygen atoms in total. The Morgan fingerprint density at radius 1 is 1.39 bits per heavy atom. The van der Waals surface area contributed by atoms with Gasteiger partial charge in [0.25, 0.3) is 5.91 Å². The lowest BCUT2D eigenvalue weighted by Gasteiger charge is -2.05. The summed E-state index contributed by atoms with van der Waals surface area (Å²) in [7, 11) is 0. The topological polar surface area (TPSA) is 55.1 Å². The van der Waals surface area contributed by atoms with Crippen molar-refractivity contribution in [3.63, 3.8) is 0 Å². The molecule has 5 heteroatoms. The number of hydrogen-bond acceptors (Lipinski definition) is 3. The SMILES string of the molecule is Nc1ccc(C(=O)NCCc2cccs2)cc1F. The Bertz CT molecular complexity index is 540. The van der Waals surface area contributed by atoms with Gasteiger partial charge in [0, 0.05) is 17.0 Å². The summed E-state index contributed by atoms with van der Waals surface area (Å²) in [4.78, 5) is 12.9. The van der Waals surface area contributed by atoms with Gasteiger partial charge in [0.05, 0.1) is 5.69 Å². The molecule has 0 bridgehead atoms. The lowest BCUT2D eigenvalue weighted by molar-refractivity contribution is 0.0954. The van der Waals surface area contributed by atoms with Gasteiger partial charge < -0.3 is 11.1 Å². The Kier molecular flexibility index (Phi) is 3.94. The molecule has 0 saturated heterocycles. The first-order valence-electron chi connectivity index (χ1n) is 5.52. The number of hydrogen-bond donors (Lipinski definition) is 2. The van der Waals surface area contributed by atoms with Crippen LogP contribution in [0.25, 0.3) is 0 Å². The van der Waals surface area contributed by atoms with E-state index in [0.29, 0.717) is 6.54 Å². The summed E-state index contributed by atoms with van der Waals surface area (Å²) in [6.07, 6.45) is 0.779. The van der Waals surface area contributed by atoms with Crippen LogP contribution in [-0.4, -0.2) is 12.5 Å². The number of thiophene rings is 1. The van der Waals surface area contributed by atoms with E-state index < -0.39 is 5.82 Å². The average molecular weight is 264 g/mol. The molecule has 2 aromatic rings. The predicted octanol–water partition coefficient (Wildman–Crippen LogP) is 2.44. The number of carbonyl (C=O) groups excluding carboxylic acids is 1. The van der Waals surface area contributed by atoms with Crippen molar-refractivity contribution in [3.05, 3.63) is 52.0 Å². The Morgan fingerprint density at radius 3 is 2.89 bits per heavy atom. The van der Waals surface area contributed by atoms with Gasteiger partial charge in [-0.15, -0.1) is 11.3 Å². The maximum absolute atomic E-state index is 13.2. The van der Waals surface area contributed by atoms with Gasteiger partial charge >= 0.3 is 0 Å². The summed E-state index contributed by atoms with van der Waals surface area (Å²) in [6.45, 7) is 0.533. The van der Waals surface area contributed by atoms with E-state index >= 15 is 0 Å². The molecule has 0 unspecified atom stereocenters. The molecule has 1 heterocycles. The van der Waals surface area contributed by atoms with E-state index in [1.165, 1.54) is 17.0 Å². The molecule has 0 fully saturated rings. The monoisotopic (exact) mass is 264 g/mol. The third-order valence-corrected chi connectivity index (χ3v) is 3.44. The molecule has 0 atom stereocenters. The molecule has 18 heavy (non-hydrogen) atoms. The second-order valence-electron chi connectivity index (χ2n) is 3.82. The third-order valence-electron chi connectivity index (χ3n) is 2.50. The predicted molar refractivity (Wildman–Crippen MR) is 71.2 cm³/mol. The number of carbonyl (C=O) groups is 1. The first kappa shape index (κ1) is 12.6. The van der Waals surface area contributed by atoms with Gasteiger partial charge in [0.2, 0.25) is 0 Å². The number of nitrogens with one attached hydrogen (secondary N) is 1. The molecule has 0 aliphatic heterocycles. The van der Waals surface area contributed by atoms with Crippen molar-refractivity contribution in [3.8, 4) is 0 Å². The molecule has 1 amide bonds. The lowest BCUT2D eigenvalue weighted by Crippen LogP contribution is -2.25. The van der Waals surface area contributed by atoms with Crippen LogP contribution in [0.1, 0.15) is 15.2 Å². The average Bonchev–Trinajstić information content (AvgIpc) is 2.85. The van der Waals surface area contributed by atoms with Crippen LogP contribution in [0.3, 0.4) is 0 Å². The van der Waals surface area contributed by atoms with Crippen LogP contribution in [0.4, 0.5) is 10.1 Å². The number of benzene rings is 1.